The van der Waals surface area contributed by atoms with Gasteiger partial charge in [0.15, 0.2) is 11.1 Å². The van der Waals surface area contributed by atoms with Crippen molar-refractivity contribution in [3.05, 3.63) is 24.3 Å². The predicted molar refractivity (Wildman–Crippen MR) is 70.3 cm³/mol. The Morgan fingerprint density at radius 2 is 2.29 bits per heavy atom. The molecule has 1 aliphatic heterocycles. The van der Waals surface area contributed by atoms with Gasteiger partial charge in [-0.25, -0.2) is 4.21 Å². The predicted octanol–water partition coefficient (Wildman–Crippen LogP) is 0.844. The summed E-state index contributed by atoms with van der Waals surface area (Å²) in [5.41, 5.74) is 0.986. The Labute approximate surface area is 116 Å². The van der Waals surface area contributed by atoms with Crippen LogP contribution in [-0.4, -0.2) is 53.9 Å². The van der Waals surface area contributed by atoms with Crippen LogP contribution in [-0.2, 0) is 15.8 Å². The first kappa shape index (κ1) is 14.7. The van der Waals surface area contributed by atoms with Crippen molar-refractivity contribution in [2.45, 2.75) is 17.4 Å². The van der Waals surface area contributed by atoms with Gasteiger partial charge in [-0.05, 0) is 24.6 Å². The SMILES string of the molecule is COC1CCN(c2cccc(S(=O)O)c2)C1.[LiH]. The van der Waals surface area contributed by atoms with Gasteiger partial charge in [-0.15, -0.1) is 0 Å². The Bertz CT molecular complexity index is 402. The van der Waals surface area contributed by atoms with Gasteiger partial charge in [-0.1, -0.05) is 6.07 Å². The summed E-state index contributed by atoms with van der Waals surface area (Å²) in [5, 5.41) is 0. The van der Waals surface area contributed by atoms with Crippen LogP contribution in [0.1, 0.15) is 6.42 Å². The first-order chi connectivity index (χ1) is 7.70. The third-order valence-electron chi connectivity index (χ3n) is 2.86. The van der Waals surface area contributed by atoms with Crippen molar-refractivity contribution >= 4 is 35.6 Å². The Kier molecular flexibility index (Phi) is 5.70. The number of hydrogen-bond donors (Lipinski definition) is 1. The van der Waals surface area contributed by atoms with Crippen molar-refractivity contribution in [1.29, 1.82) is 0 Å². The van der Waals surface area contributed by atoms with E-state index in [1.807, 2.05) is 6.07 Å². The van der Waals surface area contributed by atoms with Crippen molar-refractivity contribution in [2.75, 3.05) is 25.1 Å². The fourth-order valence-corrected chi connectivity index (χ4v) is 2.36. The molecule has 2 atom stereocenters. The molecule has 0 bridgehead atoms. The van der Waals surface area contributed by atoms with Crippen molar-refractivity contribution in [1.82, 2.24) is 0 Å². The van der Waals surface area contributed by atoms with Crippen molar-refractivity contribution in [3.8, 4) is 0 Å². The summed E-state index contributed by atoms with van der Waals surface area (Å²) < 4.78 is 25.3. The van der Waals surface area contributed by atoms with Crippen LogP contribution in [0.15, 0.2) is 29.2 Å². The fourth-order valence-electron chi connectivity index (χ4n) is 1.94. The van der Waals surface area contributed by atoms with Crippen LogP contribution in [0.3, 0.4) is 0 Å². The molecule has 1 aliphatic rings. The molecule has 0 aliphatic carbocycles. The van der Waals surface area contributed by atoms with E-state index in [0.29, 0.717) is 4.90 Å². The molecule has 1 N–H and O–H groups in total. The number of ether oxygens (including phenoxy) is 1. The Hall–Kier alpha value is -0.313. The van der Waals surface area contributed by atoms with Crippen LogP contribution < -0.4 is 4.90 Å². The summed E-state index contributed by atoms with van der Waals surface area (Å²) in [6, 6.07) is 7.17. The van der Waals surface area contributed by atoms with Gasteiger partial charge in [0.1, 0.15) is 0 Å². The number of methoxy groups -OCH3 is 1. The Morgan fingerprint density at radius 1 is 1.53 bits per heavy atom. The number of rotatable bonds is 3. The van der Waals surface area contributed by atoms with Crippen LogP contribution in [0.25, 0.3) is 0 Å². The topological polar surface area (TPSA) is 49.8 Å². The van der Waals surface area contributed by atoms with Crippen molar-refractivity contribution < 1.29 is 13.5 Å². The summed E-state index contributed by atoms with van der Waals surface area (Å²) >= 11 is -1.91. The molecule has 2 rings (SSSR count). The van der Waals surface area contributed by atoms with Gasteiger partial charge in [-0.2, -0.15) is 0 Å². The van der Waals surface area contributed by atoms with Gasteiger partial charge >= 0.3 is 18.9 Å². The van der Waals surface area contributed by atoms with E-state index in [9.17, 15) is 4.21 Å². The molecule has 0 aromatic heterocycles. The van der Waals surface area contributed by atoms with Gasteiger partial charge in [0.05, 0.1) is 11.0 Å². The number of nitrogens with zero attached hydrogens (tertiary/aromatic N) is 1. The molecular formula is C11H16LiNO3S. The molecule has 1 saturated heterocycles. The van der Waals surface area contributed by atoms with Gasteiger partial charge in [0, 0.05) is 25.9 Å². The molecule has 1 heterocycles. The summed E-state index contributed by atoms with van der Waals surface area (Å²) in [7, 11) is 1.72. The minimum atomic E-state index is -1.91. The van der Waals surface area contributed by atoms with E-state index >= 15 is 0 Å². The van der Waals surface area contributed by atoms with Crippen LogP contribution >= 0.6 is 0 Å². The van der Waals surface area contributed by atoms with Gasteiger partial charge in [0.25, 0.3) is 0 Å². The van der Waals surface area contributed by atoms with E-state index in [0.717, 1.165) is 25.2 Å². The summed E-state index contributed by atoms with van der Waals surface area (Å²) in [5.74, 6) is 0. The molecule has 6 heteroatoms. The number of hydrogen-bond acceptors (Lipinski definition) is 3. The second-order valence-electron chi connectivity index (χ2n) is 3.84. The molecule has 90 valence electrons. The zero-order valence-electron chi connectivity index (χ0n) is 9.13. The molecule has 1 fully saturated rings. The maximum atomic E-state index is 11.0. The average Bonchev–Trinajstić information content (AvgIpc) is 2.77. The van der Waals surface area contributed by atoms with Crippen LogP contribution in [0.5, 0.6) is 0 Å². The molecule has 1 aromatic carbocycles. The van der Waals surface area contributed by atoms with E-state index in [1.165, 1.54) is 0 Å². The third-order valence-corrected chi connectivity index (χ3v) is 3.52. The standard InChI is InChI=1S/C11H15NO3S.Li.H/c1-15-10-5-6-12(8-10)9-3-2-4-11(7-9)16(13)14;;/h2-4,7,10H,5-6,8H2,1H3,(H,13,14);;. The molecule has 0 amide bonds. The molecule has 2 unspecified atom stereocenters. The summed E-state index contributed by atoms with van der Waals surface area (Å²) in [4.78, 5) is 2.61. The zero-order chi connectivity index (χ0) is 11.5. The quantitative estimate of drug-likeness (QED) is 0.637. The molecule has 0 spiro atoms. The molecule has 1 aromatic rings. The maximum absolute atomic E-state index is 11.0. The summed E-state index contributed by atoms with van der Waals surface area (Å²) in [6.45, 7) is 1.78. The van der Waals surface area contributed by atoms with Crippen LogP contribution in [0.4, 0.5) is 5.69 Å². The van der Waals surface area contributed by atoms with E-state index in [4.69, 9.17) is 9.29 Å². The number of anilines is 1. The molecule has 0 saturated carbocycles. The first-order valence-electron chi connectivity index (χ1n) is 5.19. The molecule has 4 nitrogen and oxygen atoms in total. The van der Waals surface area contributed by atoms with E-state index in [-0.39, 0.29) is 25.0 Å². The zero-order valence-corrected chi connectivity index (χ0v) is 9.94. The first-order valence-corrected chi connectivity index (χ1v) is 6.30. The third kappa shape index (κ3) is 3.57. The van der Waals surface area contributed by atoms with Crippen LogP contribution in [0.2, 0.25) is 0 Å². The Morgan fingerprint density at radius 3 is 2.88 bits per heavy atom. The Balaban J connectivity index is 0.00000144. The van der Waals surface area contributed by atoms with Crippen molar-refractivity contribution in [3.63, 3.8) is 0 Å². The summed E-state index contributed by atoms with van der Waals surface area (Å²) in [6.07, 6.45) is 1.27. The van der Waals surface area contributed by atoms with Gasteiger partial charge in [0.2, 0.25) is 0 Å². The molecule has 0 radical (unpaired) electrons. The van der Waals surface area contributed by atoms with Gasteiger partial charge < -0.3 is 14.2 Å². The molecular weight excluding hydrogens is 233 g/mol. The normalized spacial score (nSPS) is 21.1. The monoisotopic (exact) mass is 249 g/mol. The van der Waals surface area contributed by atoms with E-state index < -0.39 is 11.1 Å². The fraction of sp³-hybridized carbons (Fsp3) is 0.455. The van der Waals surface area contributed by atoms with Crippen molar-refractivity contribution in [2.24, 2.45) is 0 Å². The van der Waals surface area contributed by atoms with E-state index in [2.05, 4.69) is 4.90 Å². The number of benzene rings is 1. The molecule has 17 heavy (non-hydrogen) atoms. The second-order valence-corrected chi connectivity index (χ2v) is 4.81. The second kappa shape index (κ2) is 6.57. The minimum absolute atomic E-state index is 0. The van der Waals surface area contributed by atoms with Gasteiger partial charge in [-0.3, -0.25) is 0 Å². The van der Waals surface area contributed by atoms with E-state index in [1.54, 1.807) is 25.3 Å². The average molecular weight is 249 g/mol. The van der Waals surface area contributed by atoms with Crippen LogP contribution in [0, 0.1) is 0 Å².